The summed E-state index contributed by atoms with van der Waals surface area (Å²) in [6.07, 6.45) is 5.27. The van der Waals surface area contributed by atoms with Gasteiger partial charge in [-0.25, -0.2) is 8.42 Å². The number of aliphatic hydroxyl groups is 1. The summed E-state index contributed by atoms with van der Waals surface area (Å²) in [6.45, 7) is 5.57. The second-order valence-corrected chi connectivity index (χ2v) is 7.12. The summed E-state index contributed by atoms with van der Waals surface area (Å²) in [5.74, 6) is 0. The summed E-state index contributed by atoms with van der Waals surface area (Å²) in [5.41, 5.74) is 1.88. The van der Waals surface area contributed by atoms with Gasteiger partial charge in [-0.3, -0.25) is 0 Å². The lowest BCUT2D eigenvalue weighted by Gasteiger charge is -2.24. The van der Waals surface area contributed by atoms with Crippen molar-refractivity contribution in [3.8, 4) is 0 Å². The third kappa shape index (κ3) is 2.97. The van der Waals surface area contributed by atoms with E-state index in [1.165, 1.54) is 9.88 Å². The molecule has 0 atom stereocenters. The number of rotatable bonds is 5. The van der Waals surface area contributed by atoms with Crippen molar-refractivity contribution in [2.75, 3.05) is 13.1 Å². The Morgan fingerprint density at radius 3 is 2.70 bits per heavy atom. The minimum atomic E-state index is -3.46. The van der Waals surface area contributed by atoms with Crippen molar-refractivity contribution < 1.29 is 13.5 Å². The number of nitrogens with zero attached hydrogens (tertiary/aromatic N) is 2. The maximum absolute atomic E-state index is 12.6. The van der Waals surface area contributed by atoms with Crippen LogP contribution in [0.25, 0.3) is 0 Å². The van der Waals surface area contributed by atoms with Gasteiger partial charge in [-0.1, -0.05) is 18.6 Å². The molecule has 0 fully saturated rings. The van der Waals surface area contributed by atoms with Gasteiger partial charge in [0, 0.05) is 31.5 Å². The smallest absolute Gasteiger partial charge is 0.244 e. The topological polar surface area (TPSA) is 62.5 Å². The lowest BCUT2D eigenvalue weighted by molar-refractivity contribution is 0.270. The summed E-state index contributed by atoms with van der Waals surface area (Å²) in [6, 6.07) is 1.58. The van der Waals surface area contributed by atoms with Crippen LogP contribution in [0.2, 0.25) is 0 Å². The second-order valence-electron chi connectivity index (χ2n) is 5.18. The van der Waals surface area contributed by atoms with Crippen molar-refractivity contribution in [3.05, 3.63) is 29.6 Å². The van der Waals surface area contributed by atoms with Gasteiger partial charge in [0.15, 0.2) is 0 Å². The van der Waals surface area contributed by atoms with Crippen LogP contribution in [0.5, 0.6) is 0 Å². The molecule has 20 heavy (non-hydrogen) atoms. The molecular weight excluding hydrogens is 276 g/mol. The van der Waals surface area contributed by atoms with E-state index >= 15 is 0 Å². The molecule has 112 valence electrons. The van der Waals surface area contributed by atoms with Crippen LogP contribution in [0, 0.1) is 0 Å². The molecule has 0 unspecified atom stereocenters. The highest BCUT2D eigenvalue weighted by atomic mass is 32.2. The molecule has 2 heterocycles. The molecule has 1 aromatic heterocycles. The molecule has 0 bridgehead atoms. The Balaban J connectivity index is 2.30. The van der Waals surface area contributed by atoms with Crippen molar-refractivity contribution in [1.29, 1.82) is 0 Å². The summed E-state index contributed by atoms with van der Waals surface area (Å²) < 4.78 is 28.5. The summed E-state index contributed by atoms with van der Waals surface area (Å²) in [4.78, 5) is 0.281. The molecule has 0 spiro atoms. The van der Waals surface area contributed by atoms with Gasteiger partial charge in [-0.2, -0.15) is 4.31 Å². The van der Waals surface area contributed by atoms with E-state index in [0.717, 1.165) is 12.8 Å². The molecule has 6 heteroatoms. The van der Waals surface area contributed by atoms with Crippen LogP contribution in [0.3, 0.4) is 0 Å². The minimum Gasteiger partial charge on any atom is -0.390 e. The zero-order valence-electron chi connectivity index (χ0n) is 12.0. The van der Waals surface area contributed by atoms with Crippen molar-refractivity contribution in [3.63, 3.8) is 0 Å². The number of aryl methyl sites for hydroxylation is 1. The van der Waals surface area contributed by atoms with Crippen LogP contribution < -0.4 is 0 Å². The molecule has 0 aliphatic carbocycles. The molecule has 1 N–H and O–H groups in total. The Kier molecular flexibility index (Phi) is 4.67. The normalized spacial score (nSPS) is 17.2. The third-order valence-electron chi connectivity index (χ3n) is 3.62. The van der Waals surface area contributed by atoms with E-state index in [1.54, 1.807) is 12.3 Å². The molecule has 0 amide bonds. The first kappa shape index (κ1) is 15.3. The van der Waals surface area contributed by atoms with Gasteiger partial charge in [0.05, 0.1) is 6.61 Å². The SMILES string of the molecule is CCCn1cc(S(=O)(=O)N2CC=C(C)CC2)cc1CO. The number of aliphatic hydroxyl groups excluding tert-OH is 1. The number of sulfonamides is 1. The van der Waals surface area contributed by atoms with Crippen molar-refractivity contribution in [2.24, 2.45) is 0 Å². The highest BCUT2D eigenvalue weighted by Crippen LogP contribution is 2.22. The predicted octanol–water partition coefficient (Wildman–Crippen LogP) is 1.73. The molecule has 5 nitrogen and oxygen atoms in total. The Hall–Kier alpha value is -1.11. The van der Waals surface area contributed by atoms with Gasteiger partial charge in [0.2, 0.25) is 10.0 Å². The summed E-state index contributed by atoms with van der Waals surface area (Å²) in [7, 11) is -3.46. The van der Waals surface area contributed by atoms with Crippen LogP contribution >= 0.6 is 0 Å². The largest absolute Gasteiger partial charge is 0.390 e. The van der Waals surface area contributed by atoms with E-state index in [4.69, 9.17) is 0 Å². The van der Waals surface area contributed by atoms with Gasteiger partial charge in [0.25, 0.3) is 0 Å². The van der Waals surface area contributed by atoms with Crippen LogP contribution in [0.15, 0.2) is 28.8 Å². The van der Waals surface area contributed by atoms with E-state index in [0.29, 0.717) is 25.3 Å². The first-order valence-corrected chi connectivity index (χ1v) is 8.38. The van der Waals surface area contributed by atoms with E-state index in [2.05, 4.69) is 0 Å². The van der Waals surface area contributed by atoms with Gasteiger partial charge >= 0.3 is 0 Å². The van der Waals surface area contributed by atoms with Gasteiger partial charge < -0.3 is 9.67 Å². The summed E-state index contributed by atoms with van der Waals surface area (Å²) >= 11 is 0. The lowest BCUT2D eigenvalue weighted by atomic mass is 10.1. The zero-order valence-corrected chi connectivity index (χ0v) is 12.9. The Morgan fingerprint density at radius 1 is 1.40 bits per heavy atom. The number of hydrogen-bond donors (Lipinski definition) is 1. The van der Waals surface area contributed by atoms with Gasteiger partial charge in [0.1, 0.15) is 4.90 Å². The Labute approximate surface area is 120 Å². The second kappa shape index (κ2) is 6.11. The van der Waals surface area contributed by atoms with Crippen molar-refractivity contribution in [2.45, 2.75) is 44.7 Å². The lowest BCUT2D eigenvalue weighted by Crippen LogP contribution is -2.34. The first-order chi connectivity index (χ1) is 9.48. The fourth-order valence-corrected chi connectivity index (χ4v) is 3.81. The van der Waals surface area contributed by atoms with Crippen molar-refractivity contribution in [1.82, 2.24) is 8.87 Å². The molecule has 0 saturated heterocycles. The van der Waals surface area contributed by atoms with Gasteiger partial charge in [-0.05, 0) is 25.8 Å². The average molecular weight is 298 g/mol. The average Bonchev–Trinajstić information content (AvgIpc) is 2.83. The maximum atomic E-state index is 12.6. The molecule has 1 aromatic rings. The van der Waals surface area contributed by atoms with Crippen LogP contribution in [0.4, 0.5) is 0 Å². The van der Waals surface area contributed by atoms with Crippen LogP contribution in [-0.2, 0) is 23.2 Å². The molecule has 0 aromatic carbocycles. The van der Waals surface area contributed by atoms with E-state index in [1.807, 2.05) is 24.5 Å². The Morgan fingerprint density at radius 2 is 2.15 bits per heavy atom. The Bertz CT molecular complexity index is 602. The molecule has 1 aliphatic rings. The van der Waals surface area contributed by atoms with Crippen molar-refractivity contribution >= 4 is 10.0 Å². The zero-order chi connectivity index (χ0) is 14.8. The minimum absolute atomic E-state index is 0.144. The molecule has 0 radical (unpaired) electrons. The van der Waals surface area contributed by atoms with Gasteiger partial charge in [-0.15, -0.1) is 0 Å². The first-order valence-electron chi connectivity index (χ1n) is 6.94. The standard InChI is InChI=1S/C14H22N2O3S/c1-3-6-15-10-14(9-13(15)11-17)20(18,19)16-7-4-12(2)5-8-16/h4,9-10,17H,3,5-8,11H2,1-2H3. The predicted molar refractivity (Wildman–Crippen MR) is 77.8 cm³/mol. The molecule has 2 rings (SSSR count). The highest BCUT2D eigenvalue weighted by Gasteiger charge is 2.27. The molecule has 0 saturated carbocycles. The maximum Gasteiger partial charge on any atom is 0.244 e. The third-order valence-corrected chi connectivity index (χ3v) is 5.45. The van der Waals surface area contributed by atoms with E-state index in [-0.39, 0.29) is 11.5 Å². The number of aromatic nitrogens is 1. The monoisotopic (exact) mass is 298 g/mol. The highest BCUT2D eigenvalue weighted by molar-refractivity contribution is 7.89. The van der Waals surface area contributed by atoms with Crippen LogP contribution in [-0.4, -0.2) is 35.5 Å². The number of hydrogen-bond acceptors (Lipinski definition) is 3. The molecule has 1 aliphatic heterocycles. The fraction of sp³-hybridized carbons (Fsp3) is 0.571. The quantitative estimate of drug-likeness (QED) is 0.842. The fourth-order valence-electron chi connectivity index (χ4n) is 2.37. The summed E-state index contributed by atoms with van der Waals surface area (Å²) in [5, 5.41) is 9.33. The van der Waals surface area contributed by atoms with E-state index < -0.39 is 10.0 Å². The van der Waals surface area contributed by atoms with Crippen LogP contribution in [0.1, 0.15) is 32.4 Å². The van der Waals surface area contributed by atoms with E-state index in [9.17, 15) is 13.5 Å². The molecular formula is C14H22N2O3S.